The fourth-order valence-corrected chi connectivity index (χ4v) is 3.26. The Morgan fingerprint density at radius 2 is 1.88 bits per heavy atom. The first-order valence-electron chi connectivity index (χ1n) is 6.57. The zero-order chi connectivity index (χ0) is 12.9. The molecule has 17 heavy (non-hydrogen) atoms. The molecule has 1 aliphatic rings. The Labute approximate surface area is 106 Å². The lowest BCUT2D eigenvalue weighted by molar-refractivity contribution is 0.205. The van der Waals surface area contributed by atoms with Crippen molar-refractivity contribution in [2.45, 2.75) is 32.6 Å². The molecular formula is C12H26N2O2S. The number of nitrogens with zero attached hydrogens (tertiary/aromatic N) is 2. The van der Waals surface area contributed by atoms with Crippen LogP contribution in [0.25, 0.3) is 0 Å². The van der Waals surface area contributed by atoms with Crippen LogP contribution in [0.4, 0.5) is 0 Å². The molecule has 0 radical (unpaired) electrons. The predicted octanol–water partition coefficient (Wildman–Crippen LogP) is 1.39. The van der Waals surface area contributed by atoms with Gasteiger partial charge >= 0.3 is 0 Å². The summed E-state index contributed by atoms with van der Waals surface area (Å²) in [4.78, 5) is 2.38. The third-order valence-electron chi connectivity index (χ3n) is 3.51. The van der Waals surface area contributed by atoms with Gasteiger partial charge in [-0.1, -0.05) is 13.3 Å². The highest BCUT2D eigenvalue weighted by atomic mass is 32.2. The van der Waals surface area contributed by atoms with Gasteiger partial charge in [-0.05, 0) is 38.8 Å². The predicted molar refractivity (Wildman–Crippen MR) is 71.5 cm³/mol. The minimum absolute atomic E-state index is 0.662. The van der Waals surface area contributed by atoms with Crippen molar-refractivity contribution in [3.8, 4) is 0 Å². The summed E-state index contributed by atoms with van der Waals surface area (Å²) in [5.74, 6) is 0.662. The van der Waals surface area contributed by atoms with E-state index in [0.29, 0.717) is 19.0 Å². The molecule has 1 saturated heterocycles. The van der Waals surface area contributed by atoms with Crippen LogP contribution in [0.1, 0.15) is 32.6 Å². The molecule has 0 amide bonds. The number of hydrogen-bond donors (Lipinski definition) is 0. The van der Waals surface area contributed by atoms with E-state index < -0.39 is 10.0 Å². The van der Waals surface area contributed by atoms with Crippen LogP contribution in [0.15, 0.2) is 0 Å². The molecular weight excluding hydrogens is 236 g/mol. The minimum Gasteiger partial charge on any atom is -0.306 e. The molecule has 0 unspecified atom stereocenters. The molecule has 4 nitrogen and oxygen atoms in total. The van der Waals surface area contributed by atoms with E-state index in [2.05, 4.69) is 18.9 Å². The van der Waals surface area contributed by atoms with Crippen LogP contribution >= 0.6 is 0 Å². The van der Waals surface area contributed by atoms with Crippen molar-refractivity contribution in [2.75, 3.05) is 39.5 Å². The SMILES string of the molecule is CCCCN(C)CC1CCN(S(C)(=O)=O)CC1. The van der Waals surface area contributed by atoms with Crippen molar-refractivity contribution in [2.24, 2.45) is 5.92 Å². The lowest BCUT2D eigenvalue weighted by atomic mass is 9.97. The average Bonchev–Trinajstić information content (AvgIpc) is 2.26. The quantitative estimate of drug-likeness (QED) is 0.726. The van der Waals surface area contributed by atoms with Gasteiger partial charge in [-0.15, -0.1) is 0 Å². The number of unbranched alkanes of at least 4 members (excludes halogenated alkanes) is 1. The van der Waals surface area contributed by atoms with E-state index in [1.54, 1.807) is 4.31 Å². The van der Waals surface area contributed by atoms with Crippen molar-refractivity contribution < 1.29 is 8.42 Å². The third kappa shape index (κ3) is 5.36. The molecule has 0 N–H and O–H groups in total. The molecule has 0 spiro atoms. The van der Waals surface area contributed by atoms with Gasteiger partial charge in [0.05, 0.1) is 6.26 Å². The Morgan fingerprint density at radius 1 is 1.29 bits per heavy atom. The van der Waals surface area contributed by atoms with Crippen molar-refractivity contribution in [1.82, 2.24) is 9.21 Å². The summed E-state index contributed by atoms with van der Waals surface area (Å²) < 4.78 is 24.4. The van der Waals surface area contributed by atoms with Crippen molar-refractivity contribution in [1.29, 1.82) is 0 Å². The van der Waals surface area contributed by atoms with E-state index >= 15 is 0 Å². The molecule has 1 aliphatic heterocycles. The maximum atomic E-state index is 11.4. The van der Waals surface area contributed by atoms with E-state index in [9.17, 15) is 8.42 Å². The van der Waals surface area contributed by atoms with Gasteiger partial charge in [0.1, 0.15) is 0 Å². The zero-order valence-corrected chi connectivity index (χ0v) is 12.2. The first-order valence-corrected chi connectivity index (χ1v) is 8.42. The van der Waals surface area contributed by atoms with Gasteiger partial charge in [0.2, 0.25) is 10.0 Å². The van der Waals surface area contributed by atoms with E-state index in [-0.39, 0.29) is 0 Å². The fourth-order valence-electron chi connectivity index (χ4n) is 2.38. The average molecular weight is 262 g/mol. The lowest BCUT2D eigenvalue weighted by Crippen LogP contribution is -2.40. The minimum atomic E-state index is -2.97. The molecule has 102 valence electrons. The summed E-state index contributed by atoms with van der Waals surface area (Å²) in [5, 5.41) is 0. The lowest BCUT2D eigenvalue weighted by Gasteiger charge is -2.32. The Morgan fingerprint density at radius 3 is 2.35 bits per heavy atom. The van der Waals surface area contributed by atoms with E-state index in [4.69, 9.17) is 0 Å². The largest absolute Gasteiger partial charge is 0.306 e. The van der Waals surface area contributed by atoms with Crippen LogP contribution in [0, 0.1) is 5.92 Å². The molecule has 1 fully saturated rings. The Kier molecular flexibility index (Phi) is 5.89. The molecule has 0 bridgehead atoms. The van der Waals surface area contributed by atoms with Crippen molar-refractivity contribution in [3.63, 3.8) is 0 Å². The molecule has 1 heterocycles. The topological polar surface area (TPSA) is 40.6 Å². The highest BCUT2D eigenvalue weighted by Crippen LogP contribution is 2.19. The van der Waals surface area contributed by atoms with Crippen LogP contribution in [0.2, 0.25) is 0 Å². The van der Waals surface area contributed by atoms with Gasteiger partial charge in [-0.2, -0.15) is 0 Å². The molecule has 0 aromatic carbocycles. The van der Waals surface area contributed by atoms with E-state index in [1.807, 2.05) is 0 Å². The van der Waals surface area contributed by atoms with Gasteiger partial charge in [-0.25, -0.2) is 12.7 Å². The second-order valence-corrected chi connectivity index (χ2v) is 7.20. The number of sulfonamides is 1. The Bertz CT molecular complexity index is 308. The maximum absolute atomic E-state index is 11.4. The molecule has 0 atom stereocenters. The standard InChI is InChI=1S/C12H26N2O2S/c1-4-5-8-13(2)11-12-6-9-14(10-7-12)17(3,15)16/h12H,4-11H2,1-3H3. The highest BCUT2D eigenvalue weighted by molar-refractivity contribution is 7.88. The fraction of sp³-hybridized carbons (Fsp3) is 1.00. The summed E-state index contributed by atoms with van der Waals surface area (Å²) >= 11 is 0. The summed E-state index contributed by atoms with van der Waals surface area (Å²) in [7, 11) is -0.807. The molecule has 0 aliphatic carbocycles. The molecule has 0 aromatic heterocycles. The smallest absolute Gasteiger partial charge is 0.211 e. The van der Waals surface area contributed by atoms with Gasteiger partial charge < -0.3 is 4.90 Å². The zero-order valence-electron chi connectivity index (χ0n) is 11.4. The van der Waals surface area contributed by atoms with E-state index in [0.717, 1.165) is 25.9 Å². The number of piperidine rings is 1. The van der Waals surface area contributed by atoms with E-state index in [1.165, 1.54) is 19.1 Å². The summed E-state index contributed by atoms with van der Waals surface area (Å²) in [5.41, 5.74) is 0. The van der Waals surface area contributed by atoms with Crippen molar-refractivity contribution in [3.05, 3.63) is 0 Å². The van der Waals surface area contributed by atoms with Crippen LogP contribution in [0.5, 0.6) is 0 Å². The second-order valence-electron chi connectivity index (χ2n) is 5.22. The van der Waals surface area contributed by atoms with Crippen molar-refractivity contribution >= 4 is 10.0 Å². The normalized spacial score (nSPS) is 20.0. The summed E-state index contributed by atoms with van der Waals surface area (Å²) in [6.45, 7) is 5.87. The van der Waals surface area contributed by atoms with Crippen LogP contribution in [0.3, 0.4) is 0 Å². The molecule has 5 heteroatoms. The monoisotopic (exact) mass is 262 g/mol. The third-order valence-corrected chi connectivity index (χ3v) is 4.81. The molecule has 0 aromatic rings. The van der Waals surface area contributed by atoms with Crippen LogP contribution in [-0.2, 0) is 10.0 Å². The number of rotatable bonds is 6. The Balaban J connectivity index is 2.28. The first kappa shape index (κ1) is 14.9. The number of hydrogen-bond acceptors (Lipinski definition) is 3. The van der Waals surface area contributed by atoms with Gasteiger partial charge in [0.25, 0.3) is 0 Å². The highest BCUT2D eigenvalue weighted by Gasteiger charge is 2.25. The second kappa shape index (κ2) is 6.71. The van der Waals surface area contributed by atoms with Crippen LogP contribution in [-0.4, -0.2) is 57.1 Å². The maximum Gasteiger partial charge on any atom is 0.211 e. The van der Waals surface area contributed by atoms with Gasteiger partial charge in [-0.3, -0.25) is 0 Å². The van der Waals surface area contributed by atoms with Crippen LogP contribution < -0.4 is 0 Å². The summed E-state index contributed by atoms with van der Waals surface area (Å²) in [6, 6.07) is 0. The van der Waals surface area contributed by atoms with Gasteiger partial charge in [0.15, 0.2) is 0 Å². The first-order chi connectivity index (χ1) is 7.93. The molecule has 1 rings (SSSR count). The van der Waals surface area contributed by atoms with Gasteiger partial charge in [0, 0.05) is 19.6 Å². The molecule has 0 saturated carbocycles. The Hall–Kier alpha value is -0.130. The summed E-state index contributed by atoms with van der Waals surface area (Å²) in [6.07, 6.45) is 5.79.